The van der Waals surface area contributed by atoms with Crippen LogP contribution in [-0.2, 0) is 7.05 Å². The number of nitrogens with one attached hydrogen (secondary N) is 1. The Balaban J connectivity index is 2.55. The van der Waals surface area contributed by atoms with Crippen LogP contribution in [-0.4, -0.2) is 44.3 Å². The van der Waals surface area contributed by atoms with Crippen molar-refractivity contribution in [3.8, 4) is 0 Å². The Kier molecular flexibility index (Phi) is 5.42. The largest absolute Gasteiger partial charge is 0.394 e. The molecule has 0 spiro atoms. The molecule has 0 aliphatic rings. The predicted octanol–water partition coefficient (Wildman–Crippen LogP) is 0.966. The van der Waals surface area contributed by atoms with Gasteiger partial charge in [-0.25, -0.2) is 0 Å². The van der Waals surface area contributed by atoms with Gasteiger partial charge in [-0.05, 0) is 26.8 Å². The molecule has 1 aromatic rings. The van der Waals surface area contributed by atoms with Crippen molar-refractivity contribution in [3.63, 3.8) is 0 Å². The smallest absolute Gasteiger partial charge is 0.191 e. The Labute approximate surface area is 107 Å². The maximum Gasteiger partial charge on any atom is 0.191 e. The minimum Gasteiger partial charge on any atom is -0.394 e. The lowest BCUT2D eigenvalue weighted by molar-refractivity contribution is 0.192. The molecule has 0 aliphatic carbocycles. The fourth-order valence-electron chi connectivity index (χ4n) is 1.32. The van der Waals surface area contributed by atoms with Crippen LogP contribution in [0.1, 0.15) is 26.1 Å². The van der Waals surface area contributed by atoms with Crippen LogP contribution in [0.15, 0.2) is 5.16 Å². The minimum atomic E-state index is -0.263. The van der Waals surface area contributed by atoms with Crippen LogP contribution in [0.3, 0.4) is 0 Å². The standard InChI is InChI=1S/C11H22N4OS/c1-5-6-12-11(3,7-16)8-17-10-14-13-9(2)15(10)4/h12,16H,5-8H2,1-4H3. The maximum atomic E-state index is 9.45. The van der Waals surface area contributed by atoms with E-state index in [0.717, 1.165) is 29.7 Å². The molecule has 0 fully saturated rings. The SMILES string of the molecule is CCCNC(C)(CO)CSc1nnc(C)n1C. The summed E-state index contributed by atoms with van der Waals surface area (Å²) < 4.78 is 1.96. The van der Waals surface area contributed by atoms with E-state index >= 15 is 0 Å². The van der Waals surface area contributed by atoms with Crippen LogP contribution in [0.5, 0.6) is 0 Å². The molecular formula is C11H22N4OS. The molecule has 0 aliphatic heterocycles. The molecule has 1 unspecified atom stereocenters. The Morgan fingerprint density at radius 2 is 2.18 bits per heavy atom. The molecule has 1 atom stereocenters. The zero-order chi connectivity index (χ0) is 12.9. The number of aryl methyl sites for hydroxylation is 1. The number of hydrogen-bond donors (Lipinski definition) is 2. The maximum absolute atomic E-state index is 9.45. The van der Waals surface area contributed by atoms with Crippen LogP contribution < -0.4 is 5.32 Å². The van der Waals surface area contributed by atoms with E-state index < -0.39 is 0 Å². The van der Waals surface area contributed by atoms with Crippen LogP contribution in [0.2, 0.25) is 0 Å². The van der Waals surface area contributed by atoms with Crippen molar-refractivity contribution in [2.75, 3.05) is 18.9 Å². The molecule has 98 valence electrons. The van der Waals surface area contributed by atoms with E-state index in [0.29, 0.717) is 0 Å². The van der Waals surface area contributed by atoms with Crippen molar-refractivity contribution >= 4 is 11.8 Å². The summed E-state index contributed by atoms with van der Waals surface area (Å²) in [5.74, 6) is 1.68. The lowest BCUT2D eigenvalue weighted by Crippen LogP contribution is -2.48. The molecular weight excluding hydrogens is 236 g/mol. The zero-order valence-electron chi connectivity index (χ0n) is 11.0. The van der Waals surface area contributed by atoms with Crippen LogP contribution in [0.25, 0.3) is 0 Å². The van der Waals surface area contributed by atoms with Crippen LogP contribution in [0, 0.1) is 6.92 Å². The first-order valence-corrected chi connectivity index (χ1v) is 6.85. The molecule has 1 rings (SSSR count). The average Bonchev–Trinajstić information content (AvgIpc) is 2.65. The van der Waals surface area contributed by atoms with E-state index in [1.54, 1.807) is 11.8 Å². The summed E-state index contributed by atoms with van der Waals surface area (Å²) in [6, 6.07) is 0. The molecule has 0 aromatic carbocycles. The fraction of sp³-hybridized carbons (Fsp3) is 0.818. The number of hydrogen-bond acceptors (Lipinski definition) is 5. The first-order valence-electron chi connectivity index (χ1n) is 5.87. The quantitative estimate of drug-likeness (QED) is 0.714. The van der Waals surface area contributed by atoms with Gasteiger partial charge in [-0.1, -0.05) is 18.7 Å². The average molecular weight is 258 g/mol. The molecule has 1 aromatic heterocycles. The summed E-state index contributed by atoms with van der Waals surface area (Å²) >= 11 is 1.62. The summed E-state index contributed by atoms with van der Waals surface area (Å²) in [6.07, 6.45) is 1.06. The number of aromatic nitrogens is 3. The highest BCUT2D eigenvalue weighted by atomic mass is 32.2. The third-order valence-electron chi connectivity index (χ3n) is 2.72. The molecule has 0 amide bonds. The number of rotatable bonds is 7. The van der Waals surface area contributed by atoms with Crippen LogP contribution in [0.4, 0.5) is 0 Å². The second kappa shape index (κ2) is 6.37. The second-order valence-electron chi connectivity index (χ2n) is 4.52. The van der Waals surface area contributed by atoms with Crippen molar-refractivity contribution in [2.24, 2.45) is 7.05 Å². The summed E-state index contributed by atoms with van der Waals surface area (Å²) in [5, 5.41) is 21.8. The molecule has 17 heavy (non-hydrogen) atoms. The lowest BCUT2D eigenvalue weighted by Gasteiger charge is -2.28. The van der Waals surface area contributed by atoms with E-state index in [1.807, 2.05) is 25.5 Å². The first kappa shape index (κ1) is 14.5. The van der Waals surface area contributed by atoms with E-state index in [4.69, 9.17) is 0 Å². The van der Waals surface area contributed by atoms with Crippen molar-refractivity contribution in [1.82, 2.24) is 20.1 Å². The van der Waals surface area contributed by atoms with Gasteiger partial charge in [0.2, 0.25) is 0 Å². The van der Waals surface area contributed by atoms with Gasteiger partial charge in [0.05, 0.1) is 6.61 Å². The van der Waals surface area contributed by atoms with Gasteiger partial charge in [0.25, 0.3) is 0 Å². The minimum absolute atomic E-state index is 0.122. The predicted molar refractivity (Wildman–Crippen MR) is 70.2 cm³/mol. The third kappa shape index (κ3) is 3.97. The summed E-state index contributed by atoms with van der Waals surface area (Å²) in [7, 11) is 1.95. The number of thioether (sulfide) groups is 1. The molecule has 0 saturated carbocycles. The molecule has 5 nitrogen and oxygen atoms in total. The normalized spacial score (nSPS) is 14.9. The van der Waals surface area contributed by atoms with Gasteiger partial charge in [0.15, 0.2) is 5.16 Å². The topological polar surface area (TPSA) is 63.0 Å². The molecule has 0 radical (unpaired) electrons. The zero-order valence-corrected chi connectivity index (χ0v) is 11.8. The van der Waals surface area contributed by atoms with Gasteiger partial charge >= 0.3 is 0 Å². The Bertz CT molecular complexity index is 355. The van der Waals surface area contributed by atoms with Crippen molar-refractivity contribution in [1.29, 1.82) is 0 Å². The van der Waals surface area contributed by atoms with Gasteiger partial charge in [0, 0.05) is 18.3 Å². The number of aliphatic hydroxyl groups is 1. The lowest BCUT2D eigenvalue weighted by atomic mass is 10.1. The fourth-order valence-corrected chi connectivity index (χ4v) is 2.38. The van der Waals surface area contributed by atoms with Gasteiger partial charge in [-0.15, -0.1) is 10.2 Å². The molecule has 0 saturated heterocycles. The van der Waals surface area contributed by atoms with E-state index in [1.165, 1.54) is 0 Å². The molecule has 1 heterocycles. The highest BCUT2D eigenvalue weighted by Crippen LogP contribution is 2.20. The Morgan fingerprint density at radius 1 is 1.47 bits per heavy atom. The highest BCUT2D eigenvalue weighted by Gasteiger charge is 2.23. The van der Waals surface area contributed by atoms with E-state index in [-0.39, 0.29) is 12.1 Å². The van der Waals surface area contributed by atoms with Gasteiger partial charge in [0.1, 0.15) is 5.82 Å². The Morgan fingerprint density at radius 3 is 2.65 bits per heavy atom. The van der Waals surface area contributed by atoms with E-state index in [9.17, 15) is 5.11 Å². The highest BCUT2D eigenvalue weighted by molar-refractivity contribution is 7.99. The van der Waals surface area contributed by atoms with Gasteiger partial charge in [-0.3, -0.25) is 0 Å². The Hall–Kier alpha value is -0.590. The molecule has 0 bridgehead atoms. The number of aliphatic hydroxyl groups excluding tert-OH is 1. The summed E-state index contributed by atoms with van der Waals surface area (Å²) in [6.45, 7) is 7.10. The second-order valence-corrected chi connectivity index (χ2v) is 5.47. The van der Waals surface area contributed by atoms with Gasteiger partial charge in [-0.2, -0.15) is 0 Å². The van der Waals surface area contributed by atoms with E-state index in [2.05, 4.69) is 22.4 Å². The van der Waals surface area contributed by atoms with Gasteiger partial charge < -0.3 is 15.0 Å². The number of nitrogens with zero attached hydrogens (tertiary/aromatic N) is 3. The van der Waals surface area contributed by atoms with Crippen molar-refractivity contribution in [3.05, 3.63) is 5.82 Å². The molecule has 6 heteroatoms. The van der Waals surface area contributed by atoms with Crippen molar-refractivity contribution in [2.45, 2.75) is 37.9 Å². The first-order chi connectivity index (χ1) is 8.02. The summed E-state index contributed by atoms with van der Waals surface area (Å²) in [4.78, 5) is 0. The van der Waals surface area contributed by atoms with Crippen LogP contribution >= 0.6 is 11.8 Å². The molecule has 2 N–H and O–H groups in total. The monoisotopic (exact) mass is 258 g/mol. The van der Waals surface area contributed by atoms with Crippen molar-refractivity contribution < 1.29 is 5.11 Å². The third-order valence-corrected chi connectivity index (χ3v) is 4.12. The summed E-state index contributed by atoms with van der Waals surface area (Å²) in [5.41, 5.74) is -0.263.